The lowest BCUT2D eigenvalue weighted by molar-refractivity contribution is 0.0695. The van der Waals surface area contributed by atoms with E-state index in [4.69, 9.17) is 11.5 Å². The largest absolute Gasteiger partial charge is 0.477 e. The summed E-state index contributed by atoms with van der Waals surface area (Å²) >= 11 is 0. The summed E-state index contributed by atoms with van der Waals surface area (Å²) in [6.45, 7) is 3.10. The summed E-state index contributed by atoms with van der Waals surface area (Å²) in [5, 5.41) is 8.92. The first-order valence-electron chi connectivity index (χ1n) is 9.22. The topological polar surface area (TPSA) is 115 Å². The average molecular weight is 392 g/mol. The molecule has 4 rings (SSSR count). The van der Waals surface area contributed by atoms with Gasteiger partial charge in [-0.3, -0.25) is 4.79 Å². The molecule has 9 heteroatoms. The Labute approximate surface area is 159 Å². The number of pyridine rings is 1. The zero-order chi connectivity index (χ0) is 20.4. The number of carbonyl (C=O) groups is 1. The van der Waals surface area contributed by atoms with Gasteiger partial charge in [-0.25, -0.2) is 13.6 Å². The smallest absolute Gasteiger partial charge is 0.341 e. The molecule has 1 aliphatic carbocycles. The molecule has 2 fully saturated rings. The molecule has 2 heterocycles. The molecule has 1 atom stereocenters. The van der Waals surface area contributed by atoms with Gasteiger partial charge in [0, 0.05) is 25.3 Å². The van der Waals surface area contributed by atoms with E-state index in [0.717, 1.165) is 19.0 Å². The first-order valence-corrected chi connectivity index (χ1v) is 9.22. The van der Waals surface area contributed by atoms with Crippen molar-refractivity contribution in [3.05, 3.63) is 33.6 Å². The zero-order valence-electron chi connectivity index (χ0n) is 15.5. The molecule has 7 nitrogen and oxygen atoms in total. The molecule has 150 valence electrons. The predicted octanol–water partition coefficient (Wildman–Crippen LogP) is 2.07. The highest BCUT2D eigenvalue weighted by atomic mass is 19.1. The Hall–Kier alpha value is -2.68. The lowest BCUT2D eigenvalue weighted by atomic mass is 9.90. The van der Waals surface area contributed by atoms with E-state index in [2.05, 4.69) is 0 Å². The number of hydrogen-bond donors (Lipinski definition) is 3. The van der Waals surface area contributed by atoms with Crippen LogP contribution < -0.4 is 21.8 Å². The minimum atomic E-state index is -1.45. The quantitative estimate of drug-likeness (QED) is 0.687. The van der Waals surface area contributed by atoms with Crippen molar-refractivity contribution in [2.24, 2.45) is 11.1 Å². The summed E-state index contributed by atoms with van der Waals surface area (Å²) < 4.78 is 32.2. The Morgan fingerprint density at radius 2 is 2.04 bits per heavy atom. The van der Waals surface area contributed by atoms with Crippen LogP contribution in [0.5, 0.6) is 0 Å². The molecular weight excluding hydrogens is 370 g/mol. The van der Waals surface area contributed by atoms with Crippen molar-refractivity contribution in [2.75, 3.05) is 30.3 Å². The van der Waals surface area contributed by atoms with Crippen molar-refractivity contribution in [1.29, 1.82) is 0 Å². The van der Waals surface area contributed by atoms with Crippen molar-refractivity contribution >= 4 is 28.2 Å². The van der Waals surface area contributed by atoms with Gasteiger partial charge in [-0.05, 0) is 31.2 Å². The summed E-state index contributed by atoms with van der Waals surface area (Å²) in [4.78, 5) is 25.7. The van der Waals surface area contributed by atoms with Crippen LogP contribution in [0.1, 0.15) is 42.6 Å². The van der Waals surface area contributed by atoms with E-state index in [1.165, 1.54) is 4.57 Å². The van der Waals surface area contributed by atoms with Crippen molar-refractivity contribution in [3.63, 3.8) is 0 Å². The summed E-state index contributed by atoms with van der Waals surface area (Å²) in [6.07, 6.45) is 3.26. The number of aromatic nitrogens is 1. The second-order valence-corrected chi connectivity index (χ2v) is 8.12. The number of aromatic carboxylic acids is 1. The molecule has 0 spiro atoms. The molecule has 1 saturated carbocycles. The van der Waals surface area contributed by atoms with Gasteiger partial charge < -0.3 is 26.0 Å². The molecule has 5 N–H and O–H groups in total. The number of carboxylic acids is 1. The van der Waals surface area contributed by atoms with Gasteiger partial charge in [-0.2, -0.15) is 0 Å². The van der Waals surface area contributed by atoms with Crippen LogP contribution in [0.3, 0.4) is 0 Å². The van der Waals surface area contributed by atoms with E-state index in [0.29, 0.717) is 26.1 Å². The number of nitrogens with two attached hydrogens (primary N) is 2. The summed E-state index contributed by atoms with van der Waals surface area (Å²) in [7, 11) is 0. The number of nitrogen functional groups attached to an aromatic ring is 1. The summed E-state index contributed by atoms with van der Waals surface area (Å²) in [5.41, 5.74) is 8.99. The fourth-order valence-corrected chi connectivity index (χ4v) is 4.00. The first kappa shape index (κ1) is 18.7. The second-order valence-electron chi connectivity index (χ2n) is 8.12. The molecule has 0 bridgehead atoms. The fraction of sp³-hybridized carbons (Fsp3) is 0.474. The molecule has 1 aromatic heterocycles. The number of anilines is 2. The number of rotatable bonds is 4. The third-order valence-corrected chi connectivity index (χ3v) is 5.90. The molecule has 1 aliphatic heterocycles. The number of carboxylic acid groups (broad SMARTS) is 1. The van der Waals surface area contributed by atoms with Gasteiger partial charge in [0.05, 0.1) is 16.6 Å². The van der Waals surface area contributed by atoms with Crippen molar-refractivity contribution in [3.8, 4) is 0 Å². The molecule has 1 unspecified atom stereocenters. The van der Waals surface area contributed by atoms with Gasteiger partial charge in [0.2, 0.25) is 5.43 Å². The maximum absolute atomic E-state index is 15.6. The van der Waals surface area contributed by atoms with E-state index in [-0.39, 0.29) is 22.7 Å². The van der Waals surface area contributed by atoms with Crippen molar-refractivity contribution < 1.29 is 18.7 Å². The fourth-order valence-electron chi connectivity index (χ4n) is 4.00. The van der Waals surface area contributed by atoms with E-state index in [1.54, 1.807) is 4.90 Å². The van der Waals surface area contributed by atoms with Crippen LogP contribution in [0.2, 0.25) is 0 Å². The minimum Gasteiger partial charge on any atom is -0.477 e. The van der Waals surface area contributed by atoms with Gasteiger partial charge in [-0.15, -0.1) is 0 Å². The summed E-state index contributed by atoms with van der Waals surface area (Å²) in [6, 6.07) is -0.138. The van der Waals surface area contributed by atoms with Crippen LogP contribution in [0.25, 0.3) is 10.9 Å². The van der Waals surface area contributed by atoms with Crippen LogP contribution in [0, 0.1) is 17.0 Å². The Balaban J connectivity index is 2.03. The monoisotopic (exact) mass is 392 g/mol. The van der Waals surface area contributed by atoms with Gasteiger partial charge >= 0.3 is 5.97 Å². The lowest BCUT2D eigenvalue weighted by Crippen LogP contribution is -2.32. The number of fused-ring (bicyclic) bond motifs is 1. The molecular formula is C19H22F2N4O3. The molecule has 1 saturated heterocycles. The van der Waals surface area contributed by atoms with Crippen molar-refractivity contribution in [2.45, 2.75) is 32.2 Å². The maximum atomic E-state index is 15.6. The molecule has 2 aliphatic rings. The highest BCUT2D eigenvalue weighted by molar-refractivity contribution is 5.99. The standard InChI is InChI=1S/C19H22F2N4O3/c1-19(7-22)4-5-24(8-19)16-12(20)14(23)11-15(13(16)21)25(9-2-3-9)6-10(17(11)26)18(27)28/h6,9H,2-5,7-8,22-23H2,1H3,(H,27,28). The highest BCUT2D eigenvalue weighted by Crippen LogP contribution is 2.43. The van der Waals surface area contributed by atoms with Crippen LogP contribution in [-0.2, 0) is 0 Å². The molecule has 0 radical (unpaired) electrons. The van der Waals surface area contributed by atoms with E-state index in [9.17, 15) is 14.7 Å². The number of benzene rings is 1. The van der Waals surface area contributed by atoms with E-state index in [1.807, 2.05) is 6.92 Å². The number of hydrogen-bond acceptors (Lipinski definition) is 5. The number of halogens is 2. The average Bonchev–Trinajstić information content (AvgIpc) is 3.42. The van der Waals surface area contributed by atoms with Gasteiger partial charge in [0.15, 0.2) is 11.6 Å². The Bertz CT molecular complexity index is 1060. The zero-order valence-corrected chi connectivity index (χ0v) is 15.5. The first-order chi connectivity index (χ1) is 13.2. The molecule has 1 aromatic carbocycles. The second kappa shape index (κ2) is 6.16. The Morgan fingerprint density at radius 3 is 2.57 bits per heavy atom. The van der Waals surface area contributed by atoms with Crippen LogP contribution in [-0.4, -0.2) is 35.3 Å². The molecule has 2 aromatic rings. The molecule has 0 amide bonds. The SMILES string of the molecule is CC1(CN)CCN(c2c(F)c(N)c3c(=O)c(C(=O)O)cn(C4CC4)c3c2F)C1. The maximum Gasteiger partial charge on any atom is 0.341 e. The normalized spacial score (nSPS) is 22.2. The van der Waals surface area contributed by atoms with Gasteiger partial charge in [0.1, 0.15) is 11.3 Å². The van der Waals surface area contributed by atoms with Gasteiger partial charge in [-0.1, -0.05) is 6.92 Å². The van der Waals surface area contributed by atoms with Crippen LogP contribution >= 0.6 is 0 Å². The molecule has 28 heavy (non-hydrogen) atoms. The third kappa shape index (κ3) is 2.64. The predicted molar refractivity (Wildman–Crippen MR) is 102 cm³/mol. The minimum absolute atomic E-state index is 0.132. The van der Waals surface area contributed by atoms with Crippen LogP contribution in [0.15, 0.2) is 11.0 Å². The van der Waals surface area contributed by atoms with Gasteiger partial charge in [0.25, 0.3) is 0 Å². The summed E-state index contributed by atoms with van der Waals surface area (Å²) in [5.74, 6) is -3.37. The highest BCUT2D eigenvalue weighted by Gasteiger charge is 2.38. The number of nitrogens with zero attached hydrogens (tertiary/aromatic N) is 2. The lowest BCUT2D eigenvalue weighted by Gasteiger charge is -2.26. The van der Waals surface area contributed by atoms with E-state index < -0.39 is 39.7 Å². The van der Waals surface area contributed by atoms with E-state index >= 15 is 8.78 Å². The Morgan fingerprint density at radius 1 is 1.36 bits per heavy atom. The third-order valence-electron chi connectivity index (χ3n) is 5.90. The Kier molecular flexibility index (Phi) is 4.11. The van der Waals surface area contributed by atoms with Crippen LogP contribution in [0.4, 0.5) is 20.2 Å². The van der Waals surface area contributed by atoms with Crippen molar-refractivity contribution in [1.82, 2.24) is 4.57 Å².